The molecule has 1 N–H and O–H groups in total. The lowest BCUT2D eigenvalue weighted by molar-refractivity contribution is 0.102. The fourth-order valence-electron chi connectivity index (χ4n) is 2.84. The van der Waals surface area contributed by atoms with Crippen LogP contribution in [0.4, 0.5) is 5.69 Å². The van der Waals surface area contributed by atoms with E-state index in [4.69, 9.17) is 0 Å². The number of fused-ring (bicyclic) bond motifs is 2. The summed E-state index contributed by atoms with van der Waals surface area (Å²) in [6.45, 7) is 3.44. The van der Waals surface area contributed by atoms with E-state index in [1.165, 1.54) is 0 Å². The minimum absolute atomic E-state index is 0.0591. The smallest absolute Gasteiger partial charge is 0.272 e. The van der Waals surface area contributed by atoms with Gasteiger partial charge in [0.2, 0.25) is 0 Å². The Morgan fingerprint density at radius 2 is 2.18 bits per heavy atom. The second-order valence-corrected chi connectivity index (χ2v) is 5.60. The molecule has 5 heteroatoms. The second-order valence-electron chi connectivity index (χ2n) is 5.60. The lowest BCUT2D eigenvalue weighted by Crippen LogP contribution is -2.13. The zero-order chi connectivity index (χ0) is 15.1. The molecular formula is C17H16N4O. The van der Waals surface area contributed by atoms with Crippen molar-refractivity contribution in [2.45, 2.75) is 20.0 Å². The van der Waals surface area contributed by atoms with E-state index in [1.807, 2.05) is 46.6 Å². The van der Waals surface area contributed by atoms with E-state index in [9.17, 15) is 4.79 Å². The molecule has 1 aliphatic rings. The van der Waals surface area contributed by atoms with E-state index < -0.39 is 0 Å². The average molecular weight is 292 g/mol. The molecule has 22 heavy (non-hydrogen) atoms. The van der Waals surface area contributed by atoms with Gasteiger partial charge in [-0.15, -0.1) is 0 Å². The summed E-state index contributed by atoms with van der Waals surface area (Å²) in [4.78, 5) is 12.3. The summed E-state index contributed by atoms with van der Waals surface area (Å²) in [6.07, 6.45) is 3.73. The summed E-state index contributed by atoms with van der Waals surface area (Å²) in [5.41, 5.74) is 4.94. The van der Waals surface area contributed by atoms with Crippen molar-refractivity contribution in [2.24, 2.45) is 0 Å². The lowest BCUT2D eigenvalue weighted by atomic mass is 10.1. The Labute approximate surface area is 128 Å². The quantitative estimate of drug-likeness (QED) is 0.789. The standard InChI is InChI=1S/C17H16N4O/c1-12-6-7-18-21(12)10-13-4-5-14-11-20-8-2-3-16(20)17(22)19-15(14)9-13/h2-9H,10-11H2,1H3,(H,19,22). The number of hydrogen-bond acceptors (Lipinski definition) is 2. The normalized spacial score (nSPS) is 13.2. The highest BCUT2D eigenvalue weighted by Crippen LogP contribution is 2.24. The summed E-state index contributed by atoms with van der Waals surface area (Å²) < 4.78 is 3.92. The average Bonchev–Trinajstić information content (AvgIpc) is 3.09. The van der Waals surface area contributed by atoms with Crippen molar-refractivity contribution < 1.29 is 4.79 Å². The number of anilines is 1. The molecular weight excluding hydrogens is 276 g/mol. The zero-order valence-corrected chi connectivity index (χ0v) is 12.3. The first-order valence-electron chi connectivity index (χ1n) is 7.27. The predicted octanol–water partition coefficient (Wildman–Crippen LogP) is 2.66. The van der Waals surface area contributed by atoms with Gasteiger partial charge >= 0.3 is 0 Å². The molecule has 1 amide bonds. The van der Waals surface area contributed by atoms with Crippen LogP contribution in [0, 0.1) is 6.92 Å². The molecule has 0 bridgehead atoms. The van der Waals surface area contributed by atoms with Crippen molar-refractivity contribution in [1.82, 2.24) is 14.3 Å². The zero-order valence-electron chi connectivity index (χ0n) is 12.3. The molecule has 0 unspecified atom stereocenters. The summed E-state index contributed by atoms with van der Waals surface area (Å²) in [7, 11) is 0. The molecule has 0 spiro atoms. The molecule has 0 saturated carbocycles. The van der Waals surface area contributed by atoms with Gasteiger partial charge in [-0.3, -0.25) is 9.48 Å². The Morgan fingerprint density at radius 1 is 1.27 bits per heavy atom. The van der Waals surface area contributed by atoms with Crippen molar-refractivity contribution in [3.63, 3.8) is 0 Å². The summed E-state index contributed by atoms with van der Waals surface area (Å²) in [5.74, 6) is -0.0591. The molecule has 3 heterocycles. The number of aryl methyl sites for hydroxylation is 1. The third-order valence-electron chi connectivity index (χ3n) is 4.09. The third-order valence-corrected chi connectivity index (χ3v) is 4.09. The van der Waals surface area contributed by atoms with E-state index in [2.05, 4.69) is 22.5 Å². The molecule has 3 aromatic rings. The van der Waals surface area contributed by atoms with Gasteiger partial charge in [-0.1, -0.05) is 12.1 Å². The number of nitrogens with one attached hydrogen (secondary N) is 1. The monoisotopic (exact) mass is 292 g/mol. The maximum atomic E-state index is 12.3. The Balaban J connectivity index is 1.68. The van der Waals surface area contributed by atoms with Crippen LogP contribution in [0.3, 0.4) is 0 Å². The van der Waals surface area contributed by atoms with E-state index in [-0.39, 0.29) is 5.91 Å². The number of amides is 1. The summed E-state index contributed by atoms with van der Waals surface area (Å²) >= 11 is 0. The van der Waals surface area contributed by atoms with Gasteiger partial charge in [0.1, 0.15) is 5.69 Å². The fourth-order valence-corrected chi connectivity index (χ4v) is 2.84. The largest absolute Gasteiger partial charge is 0.339 e. The molecule has 1 aliphatic heterocycles. The van der Waals surface area contributed by atoms with E-state index >= 15 is 0 Å². The van der Waals surface area contributed by atoms with Crippen LogP contribution in [-0.4, -0.2) is 20.3 Å². The van der Waals surface area contributed by atoms with Crippen molar-refractivity contribution >= 4 is 11.6 Å². The predicted molar refractivity (Wildman–Crippen MR) is 84.0 cm³/mol. The van der Waals surface area contributed by atoms with Gasteiger partial charge < -0.3 is 9.88 Å². The molecule has 2 aromatic heterocycles. The number of rotatable bonds is 2. The van der Waals surface area contributed by atoms with Gasteiger partial charge in [0.25, 0.3) is 5.91 Å². The maximum absolute atomic E-state index is 12.3. The van der Waals surface area contributed by atoms with Gasteiger partial charge in [0, 0.05) is 30.3 Å². The lowest BCUT2D eigenvalue weighted by Gasteiger charge is -2.10. The number of aromatic nitrogens is 3. The van der Waals surface area contributed by atoms with E-state index in [0.29, 0.717) is 18.8 Å². The Bertz CT molecular complexity index is 859. The molecule has 0 saturated heterocycles. The Hall–Kier alpha value is -2.82. The van der Waals surface area contributed by atoms with E-state index in [1.54, 1.807) is 6.20 Å². The van der Waals surface area contributed by atoms with Gasteiger partial charge in [0.05, 0.1) is 6.54 Å². The number of nitrogens with zero attached hydrogens (tertiary/aromatic N) is 3. The molecule has 0 aliphatic carbocycles. The van der Waals surface area contributed by atoms with Crippen LogP contribution in [-0.2, 0) is 13.1 Å². The van der Waals surface area contributed by atoms with Crippen molar-refractivity contribution in [1.29, 1.82) is 0 Å². The number of hydrogen-bond donors (Lipinski definition) is 1. The first kappa shape index (κ1) is 12.9. The van der Waals surface area contributed by atoms with Crippen LogP contribution < -0.4 is 5.32 Å². The third kappa shape index (κ3) is 2.11. The second kappa shape index (κ2) is 4.87. The maximum Gasteiger partial charge on any atom is 0.272 e. The Morgan fingerprint density at radius 3 is 3.00 bits per heavy atom. The first-order valence-corrected chi connectivity index (χ1v) is 7.27. The minimum Gasteiger partial charge on any atom is -0.339 e. The molecule has 110 valence electrons. The topological polar surface area (TPSA) is 51.9 Å². The summed E-state index contributed by atoms with van der Waals surface area (Å²) in [5, 5.41) is 7.32. The van der Waals surface area contributed by atoms with Crippen LogP contribution >= 0.6 is 0 Å². The van der Waals surface area contributed by atoms with Gasteiger partial charge in [0.15, 0.2) is 0 Å². The van der Waals surface area contributed by atoms with Gasteiger partial charge in [-0.2, -0.15) is 5.10 Å². The van der Waals surface area contributed by atoms with Crippen LogP contribution in [0.1, 0.15) is 27.3 Å². The number of benzene rings is 1. The highest BCUT2D eigenvalue weighted by Gasteiger charge is 2.18. The van der Waals surface area contributed by atoms with Crippen LogP contribution in [0.2, 0.25) is 0 Å². The summed E-state index contributed by atoms with van der Waals surface area (Å²) in [6, 6.07) is 11.9. The molecule has 0 fully saturated rings. The van der Waals surface area contributed by atoms with Crippen molar-refractivity contribution in [2.75, 3.05) is 5.32 Å². The molecule has 0 atom stereocenters. The molecule has 5 nitrogen and oxygen atoms in total. The van der Waals surface area contributed by atoms with Gasteiger partial charge in [-0.25, -0.2) is 0 Å². The number of carbonyl (C=O) groups excluding carboxylic acids is 1. The Kier molecular flexibility index (Phi) is 2.85. The highest BCUT2D eigenvalue weighted by atomic mass is 16.2. The van der Waals surface area contributed by atoms with Crippen molar-refractivity contribution in [3.05, 3.63) is 71.3 Å². The van der Waals surface area contributed by atoms with Crippen LogP contribution in [0.25, 0.3) is 0 Å². The fraction of sp³-hybridized carbons (Fsp3) is 0.176. The molecule has 0 radical (unpaired) electrons. The van der Waals surface area contributed by atoms with Gasteiger partial charge in [-0.05, 0) is 42.3 Å². The van der Waals surface area contributed by atoms with E-state index in [0.717, 1.165) is 22.5 Å². The molecule has 1 aromatic carbocycles. The van der Waals surface area contributed by atoms with Crippen LogP contribution in [0.5, 0.6) is 0 Å². The number of carbonyl (C=O) groups is 1. The first-order chi connectivity index (χ1) is 10.7. The van der Waals surface area contributed by atoms with Crippen molar-refractivity contribution in [3.8, 4) is 0 Å². The highest BCUT2D eigenvalue weighted by molar-refractivity contribution is 6.04. The SMILES string of the molecule is Cc1ccnn1Cc1ccc2c(c1)NC(=O)c1cccn1C2. The molecule has 4 rings (SSSR count). The minimum atomic E-state index is -0.0591. The van der Waals surface area contributed by atoms with Crippen LogP contribution in [0.15, 0.2) is 48.8 Å².